The van der Waals surface area contributed by atoms with Gasteiger partial charge in [-0.2, -0.15) is 0 Å². The Balaban J connectivity index is 1.81. The quantitative estimate of drug-likeness (QED) is 0.900. The minimum absolute atomic E-state index is 0.114. The average molecular weight is 335 g/mol. The molecule has 1 heterocycles. The van der Waals surface area contributed by atoms with Crippen molar-refractivity contribution in [2.45, 2.75) is 32.3 Å². The number of hydrogen-bond acceptors (Lipinski definition) is 4. The number of amides is 1. The van der Waals surface area contributed by atoms with Gasteiger partial charge in [-0.15, -0.1) is 0 Å². The van der Waals surface area contributed by atoms with Gasteiger partial charge in [-0.25, -0.2) is 0 Å². The van der Waals surface area contributed by atoms with E-state index in [4.69, 9.17) is 16.1 Å². The van der Waals surface area contributed by atoms with E-state index in [1.165, 1.54) is 0 Å². The molecule has 5 nitrogen and oxygen atoms in total. The van der Waals surface area contributed by atoms with Crippen molar-refractivity contribution in [2.75, 3.05) is 6.54 Å². The van der Waals surface area contributed by atoms with Crippen molar-refractivity contribution in [1.82, 2.24) is 10.5 Å². The van der Waals surface area contributed by atoms with E-state index >= 15 is 0 Å². The number of benzene rings is 1. The molecule has 122 valence electrons. The van der Waals surface area contributed by atoms with Crippen molar-refractivity contribution >= 4 is 17.5 Å². The molecule has 1 saturated carbocycles. The Labute approximate surface area is 139 Å². The lowest BCUT2D eigenvalue weighted by Crippen LogP contribution is -2.32. The second kappa shape index (κ2) is 6.72. The van der Waals surface area contributed by atoms with Crippen molar-refractivity contribution < 1.29 is 14.4 Å². The van der Waals surface area contributed by atoms with Gasteiger partial charge in [0.25, 0.3) is 5.91 Å². The molecule has 1 amide bonds. The molecule has 0 radical (unpaired) electrons. The van der Waals surface area contributed by atoms with E-state index in [-0.39, 0.29) is 17.9 Å². The number of rotatable bonds is 4. The van der Waals surface area contributed by atoms with E-state index in [1.807, 2.05) is 12.1 Å². The molecule has 2 N–H and O–H groups in total. The van der Waals surface area contributed by atoms with Gasteiger partial charge in [0.2, 0.25) is 0 Å². The van der Waals surface area contributed by atoms with Gasteiger partial charge in [0.05, 0.1) is 11.1 Å². The highest BCUT2D eigenvalue weighted by atomic mass is 35.5. The Morgan fingerprint density at radius 2 is 2.22 bits per heavy atom. The Bertz CT molecular complexity index is 714. The molecule has 2 aromatic rings. The smallest absolute Gasteiger partial charge is 0.257 e. The second-order valence-corrected chi connectivity index (χ2v) is 6.32. The molecule has 2 atom stereocenters. The first kappa shape index (κ1) is 16.0. The first-order chi connectivity index (χ1) is 11.1. The van der Waals surface area contributed by atoms with Gasteiger partial charge in [0.1, 0.15) is 17.0 Å². The zero-order valence-corrected chi connectivity index (χ0v) is 13.6. The topological polar surface area (TPSA) is 75.4 Å². The molecule has 6 heteroatoms. The summed E-state index contributed by atoms with van der Waals surface area (Å²) in [4.78, 5) is 12.6. The van der Waals surface area contributed by atoms with Crippen molar-refractivity contribution in [3.05, 3.63) is 40.6 Å². The molecule has 1 aromatic carbocycles. The normalized spacial score (nSPS) is 20.7. The summed E-state index contributed by atoms with van der Waals surface area (Å²) in [5.74, 6) is 0.310. The fourth-order valence-electron chi connectivity index (χ4n) is 3.04. The van der Waals surface area contributed by atoms with Gasteiger partial charge in [0.15, 0.2) is 0 Å². The van der Waals surface area contributed by atoms with Crippen molar-refractivity contribution in [2.24, 2.45) is 5.92 Å². The van der Waals surface area contributed by atoms with Crippen LogP contribution in [0.4, 0.5) is 0 Å². The Kier molecular flexibility index (Phi) is 4.68. The lowest BCUT2D eigenvalue weighted by molar-refractivity contribution is 0.0916. The highest BCUT2D eigenvalue weighted by Crippen LogP contribution is 2.31. The van der Waals surface area contributed by atoms with Crippen molar-refractivity contribution in [3.8, 4) is 11.3 Å². The Hall–Kier alpha value is -1.85. The molecule has 23 heavy (non-hydrogen) atoms. The third-order valence-electron chi connectivity index (χ3n) is 4.36. The standard InChI is InChI=1S/C17H19ClN2O3/c1-10-15(17(22)19-9-11-5-4-8-14(11)21)16(20-23-10)12-6-2-3-7-13(12)18/h2-3,6-7,11,14,21H,4-5,8-9H2,1H3,(H,19,22). The monoisotopic (exact) mass is 334 g/mol. The van der Waals surface area contributed by atoms with Crippen molar-refractivity contribution in [1.29, 1.82) is 0 Å². The minimum atomic E-state index is -0.332. The van der Waals surface area contributed by atoms with Crippen LogP contribution < -0.4 is 5.32 Å². The van der Waals surface area contributed by atoms with E-state index in [2.05, 4.69) is 10.5 Å². The SMILES string of the molecule is Cc1onc(-c2ccccc2Cl)c1C(=O)NCC1CCCC1O. The van der Waals surface area contributed by atoms with Crippen LogP contribution in [-0.4, -0.2) is 28.8 Å². The lowest BCUT2D eigenvalue weighted by Gasteiger charge is -2.15. The van der Waals surface area contributed by atoms with E-state index in [0.29, 0.717) is 34.1 Å². The molecular weight excluding hydrogens is 316 g/mol. The van der Waals surface area contributed by atoms with E-state index in [1.54, 1.807) is 19.1 Å². The van der Waals surface area contributed by atoms with Gasteiger partial charge in [-0.1, -0.05) is 41.4 Å². The van der Waals surface area contributed by atoms with Crippen LogP contribution in [0.3, 0.4) is 0 Å². The average Bonchev–Trinajstić information content (AvgIpc) is 3.11. The van der Waals surface area contributed by atoms with Gasteiger partial charge in [0, 0.05) is 18.0 Å². The van der Waals surface area contributed by atoms with Crippen LogP contribution in [0.1, 0.15) is 35.4 Å². The zero-order valence-electron chi connectivity index (χ0n) is 12.9. The predicted octanol–water partition coefficient (Wildman–Crippen LogP) is 3.19. The van der Waals surface area contributed by atoms with Crippen LogP contribution >= 0.6 is 11.6 Å². The number of nitrogens with one attached hydrogen (secondary N) is 1. The summed E-state index contributed by atoms with van der Waals surface area (Å²) in [6, 6.07) is 7.20. The fourth-order valence-corrected chi connectivity index (χ4v) is 3.27. The number of aliphatic hydroxyl groups excluding tert-OH is 1. The first-order valence-corrected chi connectivity index (χ1v) is 8.13. The van der Waals surface area contributed by atoms with Crippen LogP contribution in [0.5, 0.6) is 0 Å². The summed E-state index contributed by atoms with van der Waals surface area (Å²) in [5.41, 5.74) is 1.50. The molecule has 1 aliphatic rings. The maximum absolute atomic E-state index is 12.6. The van der Waals surface area contributed by atoms with Crippen LogP contribution in [0.25, 0.3) is 11.3 Å². The summed E-state index contributed by atoms with van der Waals surface area (Å²) in [7, 11) is 0. The van der Waals surface area contributed by atoms with E-state index in [0.717, 1.165) is 19.3 Å². The third-order valence-corrected chi connectivity index (χ3v) is 4.69. The molecule has 1 aliphatic carbocycles. The number of halogens is 1. The van der Waals surface area contributed by atoms with Crippen LogP contribution in [0.2, 0.25) is 5.02 Å². The molecule has 1 aromatic heterocycles. The fraction of sp³-hybridized carbons (Fsp3) is 0.412. The van der Waals surface area contributed by atoms with Crippen molar-refractivity contribution in [3.63, 3.8) is 0 Å². The number of nitrogens with zero attached hydrogens (tertiary/aromatic N) is 1. The number of carbonyl (C=O) groups excluding carboxylic acids is 1. The molecule has 0 bridgehead atoms. The van der Waals surface area contributed by atoms with Crippen LogP contribution in [0, 0.1) is 12.8 Å². The summed E-state index contributed by atoms with van der Waals surface area (Å²) in [6.45, 7) is 2.15. The molecular formula is C17H19ClN2O3. The first-order valence-electron chi connectivity index (χ1n) is 7.75. The molecule has 0 saturated heterocycles. The largest absolute Gasteiger partial charge is 0.393 e. The number of carbonyl (C=O) groups is 1. The van der Waals surface area contributed by atoms with Crippen LogP contribution in [-0.2, 0) is 0 Å². The van der Waals surface area contributed by atoms with Gasteiger partial charge < -0.3 is 14.9 Å². The second-order valence-electron chi connectivity index (χ2n) is 5.91. The molecule has 0 aliphatic heterocycles. The van der Waals surface area contributed by atoms with Gasteiger partial charge in [-0.05, 0) is 25.8 Å². The highest BCUT2D eigenvalue weighted by Gasteiger charge is 2.27. The van der Waals surface area contributed by atoms with Gasteiger partial charge in [-0.3, -0.25) is 4.79 Å². The minimum Gasteiger partial charge on any atom is -0.393 e. The zero-order chi connectivity index (χ0) is 16.4. The summed E-state index contributed by atoms with van der Waals surface area (Å²) < 4.78 is 5.20. The number of aryl methyl sites for hydroxylation is 1. The highest BCUT2D eigenvalue weighted by molar-refractivity contribution is 6.33. The predicted molar refractivity (Wildman–Crippen MR) is 87.4 cm³/mol. The summed E-state index contributed by atoms with van der Waals surface area (Å²) in [6.07, 6.45) is 2.40. The lowest BCUT2D eigenvalue weighted by atomic mass is 10.0. The Morgan fingerprint density at radius 3 is 2.91 bits per heavy atom. The maximum atomic E-state index is 12.6. The summed E-state index contributed by atoms with van der Waals surface area (Å²) >= 11 is 6.20. The van der Waals surface area contributed by atoms with E-state index < -0.39 is 0 Å². The third kappa shape index (κ3) is 3.26. The molecule has 0 spiro atoms. The molecule has 1 fully saturated rings. The molecule has 3 rings (SSSR count). The number of aliphatic hydroxyl groups is 1. The summed E-state index contributed by atoms with van der Waals surface area (Å²) in [5, 5.41) is 17.3. The number of aromatic nitrogens is 1. The molecule has 2 unspecified atom stereocenters. The van der Waals surface area contributed by atoms with E-state index in [9.17, 15) is 9.90 Å². The van der Waals surface area contributed by atoms with Gasteiger partial charge >= 0.3 is 0 Å². The van der Waals surface area contributed by atoms with Crippen LogP contribution in [0.15, 0.2) is 28.8 Å². The Morgan fingerprint density at radius 1 is 1.43 bits per heavy atom. The number of hydrogen-bond donors (Lipinski definition) is 2. The maximum Gasteiger partial charge on any atom is 0.257 e.